The molecular formula is C18H25NO4. The maximum Gasteiger partial charge on any atom is 0.329 e. The molecule has 2 N–H and O–H groups in total. The topological polar surface area (TPSA) is 75.6 Å². The van der Waals surface area contributed by atoms with Crippen LogP contribution in [0.25, 0.3) is 0 Å². The number of rotatable bonds is 6. The molecular weight excluding hydrogens is 294 g/mol. The van der Waals surface area contributed by atoms with Crippen molar-refractivity contribution in [2.24, 2.45) is 5.92 Å². The van der Waals surface area contributed by atoms with Gasteiger partial charge in [-0.1, -0.05) is 38.3 Å². The van der Waals surface area contributed by atoms with E-state index < -0.39 is 11.5 Å². The zero-order chi connectivity index (χ0) is 16.9. The number of nitrogens with one attached hydrogen (secondary N) is 1. The molecule has 1 aliphatic rings. The fourth-order valence-electron chi connectivity index (χ4n) is 3.11. The van der Waals surface area contributed by atoms with Gasteiger partial charge in [0.25, 0.3) is 0 Å². The number of aliphatic carboxylic acids is 1. The standard InChI is InChI=1S/C18H25NO4/c1-13(12-14-6-8-15(23-2)9-7-14)16(20)19-18(17(21)22)10-4-3-5-11-18/h6-9,13H,3-5,10-12H2,1-2H3,(H,19,20)(H,21,22). The van der Waals surface area contributed by atoms with Crippen molar-refractivity contribution in [1.29, 1.82) is 0 Å². The Morgan fingerprint density at radius 2 is 1.83 bits per heavy atom. The highest BCUT2D eigenvalue weighted by Crippen LogP contribution is 2.29. The Bertz CT molecular complexity index is 547. The van der Waals surface area contributed by atoms with E-state index in [4.69, 9.17) is 4.74 Å². The van der Waals surface area contributed by atoms with Crippen LogP contribution in [-0.4, -0.2) is 29.6 Å². The minimum absolute atomic E-state index is 0.190. The first kappa shape index (κ1) is 17.3. The fourth-order valence-corrected chi connectivity index (χ4v) is 3.11. The third-order valence-electron chi connectivity index (χ3n) is 4.63. The molecule has 1 amide bonds. The molecule has 23 heavy (non-hydrogen) atoms. The molecule has 126 valence electrons. The van der Waals surface area contributed by atoms with Crippen LogP contribution in [0.1, 0.15) is 44.6 Å². The monoisotopic (exact) mass is 319 g/mol. The van der Waals surface area contributed by atoms with Gasteiger partial charge in [-0.3, -0.25) is 4.79 Å². The number of amides is 1. The number of carbonyl (C=O) groups is 2. The Balaban J connectivity index is 1.99. The van der Waals surface area contributed by atoms with E-state index in [1.54, 1.807) is 7.11 Å². The molecule has 0 bridgehead atoms. The van der Waals surface area contributed by atoms with Crippen molar-refractivity contribution in [3.8, 4) is 5.75 Å². The van der Waals surface area contributed by atoms with Crippen LogP contribution in [0.2, 0.25) is 0 Å². The largest absolute Gasteiger partial charge is 0.497 e. The van der Waals surface area contributed by atoms with E-state index in [-0.39, 0.29) is 11.8 Å². The Morgan fingerprint density at radius 1 is 1.22 bits per heavy atom. The smallest absolute Gasteiger partial charge is 0.329 e. The first-order chi connectivity index (χ1) is 11.0. The Morgan fingerprint density at radius 3 is 2.35 bits per heavy atom. The average Bonchev–Trinajstić information content (AvgIpc) is 2.56. The molecule has 0 aliphatic heterocycles. The van der Waals surface area contributed by atoms with E-state index in [0.717, 1.165) is 30.6 Å². The summed E-state index contributed by atoms with van der Waals surface area (Å²) in [7, 11) is 1.61. The average molecular weight is 319 g/mol. The first-order valence-electron chi connectivity index (χ1n) is 8.15. The second kappa shape index (κ2) is 7.49. The van der Waals surface area contributed by atoms with E-state index in [9.17, 15) is 14.7 Å². The van der Waals surface area contributed by atoms with Crippen molar-refractivity contribution in [3.05, 3.63) is 29.8 Å². The van der Waals surface area contributed by atoms with Crippen LogP contribution in [0.5, 0.6) is 5.75 Å². The summed E-state index contributed by atoms with van der Waals surface area (Å²) in [5.41, 5.74) is -0.0507. The van der Waals surface area contributed by atoms with E-state index in [2.05, 4.69) is 5.32 Å². The molecule has 0 spiro atoms. The number of methoxy groups -OCH3 is 1. The van der Waals surface area contributed by atoms with Gasteiger partial charge in [0.15, 0.2) is 0 Å². The van der Waals surface area contributed by atoms with Crippen molar-refractivity contribution >= 4 is 11.9 Å². The Labute approximate surface area is 137 Å². The SMILES string of the molecule is COc1ccc(CC(C)C(=O)NC2(C(=O)O)CCCCC2)cc1. The zero-order valence-electron chi connectivity index (χ0n) is 13.8. The summed E-state index contributed by atoms with van der Waals surface area (Å²) in [6.07, 6.45) is 4.34. The lowest BCUT2D eigenvalue weighted by atomic mass is 9.81. The van der Waals surface area contributed by atoms with Crippen LogP contribution in [0.15, 0.2) is 24.3 Å². The van der Waals surface area contributed by atoms with Crippen molar-refractivity contribution in [2.45, 2.75) is 51.0 Å². The zero-order valence-corrected chi connectivity index (χ0v) is 13.8. The molecule has 0 heterocycles. The van der Waals surface area contributed by atoms with Gasteiger partial charge in [0, 0.05) is 5.92 Å². The van der Waals surface area contributed by atoms with Gasteiger partial charge in [-0.15, -0.1) is 0 Å². The fraction of sp³-hybridized carbons (Fsp3) is 0.556. The molecule has 0 radical (unpaired) electrons. The minimum atomic E-state index is -1.08. The van der Waals surface area contributed by atoms with E-state index in [1.165, 1.54) is 0 Å². The number of benzene rings is 1. The molecule has 2 rings (SSSR count). The second-order valence-electron chi connectivity index (χ2n) is 6.39. The predicted octanol–water partition coefficient (Wildman–Crippen LogP) is 2.78. The van der Waals surface area contributed by atoms with Crippen LogP contribution in [-0.2, 0) is 16.0 Å². The number of carbonyl (C=O) groups excluding carboxylic acids is 1. The van der Waals surface area contributed by atoms with Gasteiger partial charge in [0.1, 0.15) is 11.3 Å². The van der Waals surface area contributed by atoms with Crippen LogP contribution >= 0.6 is 0 Å². The summed E-state index contributed by atoms with van der Waals surface area (Å²) in [5, 5.41) is 12.3. The molecule has 1 atom stereocenters. The van der Waals surface area contributed by atoms with Crippen molar-refractivity contribution in [3.63, 3.8) is 0 Å². The molecule has 1 fully saturated rings. The highest BCUT2D eigenvalue weighted by atomic mass is 16.5. The minimum Gasteiger partial charge on any atom is -0.497 e. The summed E-state index contributed by atoms with van der Waals surface area (Å²) in [4.78, 5) is 24.1. The maximum absolute atomic E-state index is 12.4. The molecule has 5 nitrogen and oxygen atoms in total. The number of carboxylic acid groups (broad SMARTS) is 1. The number of hydrogen-bond donors (Lipinski definition) is 2. The molecule has 1 unspecified atom stereocenters. The van der Waals surface area contributed by atoms with Gasteiger partial charge >= 0.3 is 5.97 Å². The van der Waals surface area contributed by atoms with Crippen LogP contribution < -0.4 is 10.1 Å². The molecule has 0 saturated heterocycles. The van der Waals surface area contributed by atoms with Gasteiger partial charge in [-0.05, 0) is 37.0 Å². The summed E-state index contributed by atoms with van der Waals surface area (Å²) < 4.78 is 5.12. The molecule has 1 aromatic carbocycles. The summed E-state index contributed by atoms with van der Waals surface area (Å²) in [5.74, 6) is -0.605. The van der Waals surface area contributed by atoms with Gasteiger partial charge in [-0.2, -0.15) is 0 Å². The third kappa shape index (κ3) is 4.24. The number of ether oxygens (including phenoxy) is 1. The second-order valence-corrected chi connectivity index (χ2v) is 6.39. The van der Waals surface area contributed by atoms with Crippen LogP contribution in [0.4, 0.5) is 0 Å². The summed E-state index contributed by atoms with van der Waals surface area (Å²) in [6, 6.07) is 7.58. The molecule has 5 heteroatoms. The van der Waals surface area contributed by atoms with Gasteiger partial charge in [0.05, 0.1) is 7.11 Å². The van der Waals surface area contributed by atoms with E-state index in [0.29, 0.717) is 19.3 Å². The number of hydrogen-bond acceptors (Lipinski definition) is 3. The van der Waals surface area contributed by atoms with Gasteiger partial charge in [-0.25, -0.2) is 4.79 Å². The quantitative estimate of drug-likeness (QED) is 0.845. The third-order valence-corrected chi connectivity index (χ3v) is 4.63. The normalized spacial score (nSPS) is 18.0. The maximum atomic E-state index is 12.4. The summed E-state index contributed by atoms with van der Waals surface area (Å²) >= 11 is 0. The highest BCUT2D eigenvalue weighted by molar-refractivity contribution is 5.88. The Hall–Kier alpha value is -2.04. The van der Waals surface area contributed by atoms with Gasteiger partial charge in [0.2, 0.25) is 5.91 Å². The molecule has 0 aromatic heterocycles. The van der Waals surface area contributed by atoms with E-state index in [1.807, 2.05) is 31.2 Å². The van der Waals surface area contributed by atoms with Crippen LogP contribution in [0, 0.1) is 5.92 Å². The highest BCUT2D eigenvalue weighted by Gasteiger charge is 2.41. The first-order valence-corrected chi connectivity index (χ1v) is 8.15. The molecule has 1 aliphatic carbocycles. The molecule has 1 aromatic rings. The van der Waals surface area contributed by atoms with Crippen LogP contribution in [0.3, 0.4) is 0 Å². The lowest BCUT2D eigenvalue weighted by molar-refractivity contribution is -0.149. The summed E-state index contributed by atoms with van der Waals surface area (Å²) in [6.45, 7) is 1.83. The Kier molecular flexibility index (Phi) is 5.64. The number of carboxylic acids is 1. The predicted molar refractivity (Wildman–Crippen MR) is 87.5 cm³/mol. The van der Waals surface area contributed by atoms with Crippen molar-refractivity contribution < 1.29 is 19.4 Å². The van der Waals surface area contributed by atoms with E-state index >= 15 is 0 Å². The lowest BCUT2D eigenvalue weighted by Crippen LogP contribution is -2.56. The van der Waals surface area contributed by atoms with Crippen molar-refractivity contribution in [1.82, 2.24) is 5.32 Å². The van der Waals surface area contributed by atoms with Crippen molar-refractivity contribution in [2.75, 3.05) is 7.11 Å². The van der Waals surface area contributed by atoms with Gasteiger partial charge < -0.3 is 15.2 Å². The lowest BCUT2D eigenvalue weighted by Gasteiger charge is -2.34. The molecule has 1 saturated carbocycles.